The number of benzene rings is 2. The normalized spacial score (nSPS) is 18.5. The predicted octanol–water partition coefficient (Wildman–Crippen LogP) is 4.52. The van der Waals surface area contributed by atoms with Crippen LogP contribution in [0, 0.1) is 0 Å². The van der Waals surface area contributed by atoms with Crippen LogP contribution in [0.5, 0.6) is 0 Å². The minimum absolute atomic E-state index is 0.0513. The lowest BCUT2D eigenvalue weighted by atomic mass is 9.94. The first kappa shape index (κ1) is 22.5. The first-order valence-electron chi connectivity index (χ1n) is 11.9. The Morgan fingerprint density at radius 1 is 1.00 bits per heavy atom. The molecule has 1 atom stereocenters. The highest BCUT2D eigenvalue weighted by Gasteiger charge is 2.21. The number of hydrogen-bond acceptors (Lipinski definition) is 3. The van der Waals surface area contributed by atoms with E-state index in [1.54, 1.807) is 0 Å². The second-order valence-electron chi connectivity index (χ2n) is 9.27. The number of fused-ring (bicyclic) bond motifs is 1. The maximum absolute atomic E-state index is 12.4. The molecule has 2 aromatic rings. The van der Waals surface area contributed by atoms with Crippen LogP contribution in [0.4, 0.5) is 0 Å². The van der Waals surface area contributed by atoms with E-state index in [4.69, 9.17) is 5.11 Å². The van der Waals surface area contributed by atoms with Crippen LogP contribution < -0.4 is 0 Å². The Labute approximate surface area is 191 Å². The average Bonchev–Trinajstić information content (AvgIpc) is 3.21. The summed E-state index contributed by atoms with van der Waals surface area (Å²) in [5, 5.41) is 8.76. The van der Waals surface area contributed by atoms with E-state index in [1.165, 1.54) is 47.2 Å². The van der Waals surface area contributed by atoms with Crippen molar-refractivity contribution < 1.29 is 14.7 Å². The number of carbonyl (C=O) groups excluding carboxylic acids is 1. The lowest BCUT2D eigenvalue weighted by molar-refractivity contribution is -0.137. The zero-order valence-corrected chi connectivity index (χ0v) is 19.1. The van der Waals surface area contributed by atoms with Gasteiger partial charge in [0.15, 0.2) is 0 Å². The van der Waals surface area contributed by atoms with Crippen LogP contribution in [-0.4, -0.2) is 52.5 Å². The number of amides is 1. The number of carbonyl (C=O) groups is 2. The van der Waals surface area contributed by atoms with Crippen molar-refractivity contribution in [1.29, 1.82) is 0 Å². The molecule has 0 aliphatic carbocycles. The maximum atomic E-state index is 12.4. The molecule has 1 N–H and O–H groups in total. The monoisotopic (exact) mass is 434 g/mol. The molecular weight excluding hydrogens is 400 g/mol. The van der Waals surface area contributed by atoms with E-state index in [0.717, 1.165) is 25.4 Å². The van der Waals surface area contributed by atoms with Crippen molar-refractivity contribution in [2.45, 2.75) is 64.5 Å². The Hall–Kier alpha value is -2.66. The van der Waals surface area contributed by atoms with Gasteiger partial charge >= 0.3 is 5.97 Å². The molecule has 5 nitrogen and oxygen atoms in total. The fourth-order valence-electron chi connectivity index (χ4n) is 4.96. The number of likely N-dealkylation sites (tertiary alicyclic amines) is 1. The Morgan fingerprint density at radius 3 is 2.50 bits per heavy atom. The minimum Gasteiger partial charge on any atom is -0.481 e. The average molecular weight is 435 g/mol. The summed E-state index contributed by atoms with van der Waals surface area (Å²) in [6, 6.07) is 16.3. The molecule has 4 rings (SSSR count). The first-order chi connectivity index (χ1) is 15.5. The highest BCUT2D eigenvalue weighted by atomic mass is 16.4. The van der Waals surface area contributed by atoms with E-state index in [9.17, 15) is 9.59 Å². The van der Waals surface area contributed by atoms with Crippen LogP contribution in [0.3, 0.4) is 0 Å². The molecule has 0 aromatic heterocycles. The highest BCUT2D eigenvalue weighted by Crippen LogP contribution is 2.27. The van der Waals surface area contributed by atoms with Gasteiger partial charge in [-0.05, 0) is 73.4 Å². The summed E-state index contributed by atoms with van der Waals surface area (Å²) in [4.78, 5) is 27.5. The molecule has 0 radical (unpaired) electrons. The standard InChI is InChI=1S/C27H34N2O3/c1-20-4-3-15-28(20)16-13-21-7-9-22(10-8-21)23-11-12-25-19-29(17-14-24(25)18-23)26(30)5-2-6-27(31)32/h7-12,18,20H,2-6,13-17,19H2,1H3,(H,31,32)/t20-/m1/s1. The zero-order valence-electron chi connectivity index (χ0n) is 19.1. The summed E-state index contributed by atoms with van der Waals surface area (Å²) in [5.74, 6) is -0.788. The second kappa shape index (κ2) is 10.3. The van der Waals surface area contributed by atoms with E-state index < -0.39 is 5.97 Å². The minimum atomic E-state index is -0.844. The van der Waals surface area contributed by atoms with Crippen LogP contribution in [0.25, 0.3) is 11.1 Å². The summed E-state index contributed by atoms with van der Waals surface area (Å²) < 4.78 is 0. The summed E-state index contributed by atoms with van der Waals surface area (Å²) in [7, 11) is 0. The van der Waals surface area contributed by atoms with Crippen molar-refractivity contribution in [1.82, 2.24) is 9.80 Å². The van der Waals surface area contributed by atoms with Crippen molar-refractivity contribution in [3.63, 3.8) is 0 Å². The Bertz CT molecular complexity index is 954. The molecule has 0 bridgehead atoms. The number of carboxylic acid groups (broad SMARTS) is 1. The van der Waals surface area contributed by atoms with Crippen molar-refractivity contribution >= 4 is 11.9 Å². The molecule has 2 aliphatic rings. The van der Waals surface area contributed by atoms with Crippen molar-refractivity contribution in [2.75, 3.05) is 19.6 Å². The van der Waals surface area contributed by atoms with E-state index >= 15 is 0 Å². The Balaban J connectivity index is 1.34. The van der Waals surface area contributed by atoms with Gasteiger partial charge in [-0.15, -0.1) is 0 Å². The molecule has 1 saturated heterocycles. The van der Waals surface area contributed by atoms with E-state index in [2.05, 4.69) is 54.3 Å². The topological polar surface area (TPSA) is 60.9 Å². The molecule has 5 heteroatoms. The van der Waals surface area contributed by atoms with Gasteiger partial charge < -0.3 is 14.9 Å². The quantitative estimate of drug-likeness (QED) is 0.664. The number of nitrogens with zero attached hydrogens (tertiary/aromatic N) is 2. The van der Waals surface area contributed by atoms with Gasteiger partial charge in [-0.25, -0.2) is 0 Å². The molecular formula is C27H34N2O3. The van der Waals surface area contributed by atoms with Crippen LogP contribution in [0.1, 0.15) is 55.7 Å². The van der Waals surface area contributed by atoms with Crippen molar-refractivity contribution in [2.24, 2.45) is 0 Å². The molecule has 0 unspecified atom stereocenters. The molecule has 170 valence electrons. The van der Waals surface area contributed by atoms with Gasteiger partial charge in [-0.2, -0.15) is 0 Å². The number of carboxylic acids is 1. The van der Waals surface area contributed by atoms with Gasteiger partial charge in [0.25, 0.3) is 0 Å². The Kier molecular flexibility index (Phi) is 7.26. The van der Waals surface area contributed by atoms with Gasteiger partial charge in [0, 0.05) is 38.5 Å². The molecule has 2 heterocycles. The third-order valence-electron chi connectivity index (χ3n) is 7.02. The van der Waals surface area contributed by atoms with E-state index in [1.807, 2.05) is 4.90 Å². The molecule has 2 aliphatic heterocycles. The van der Waals surface area contributed by atoms with Crippen molar-refractivity contribution in [3.8, 4) is 11.1 Å². The summed E-state index contributed by atoms with van der Waals surface area (Å²) in [6.07, 6.45) is 5.37. The van der Waals surface area contributed by atoms with Crippen LogP contribution >= 0.6 is 0 Å². The van der Waals surface area contributed by atoms with Gasteiger partial charge in [0.2, 0.25) is 5.91 Å². The maximum Gasteiger partial charge on any atom is 0.303 e. The molecule has 0 saturated carbocycles. The van der Waals surface area contributed by atoms with Crippen LogP contribution in [0.2, 0.25) is 0 Å². The Morgan fingerprint density at radius 2 is 1.78 bits per heavy atom. The fourth-order valence-corrected chi connectivity index (χ4v) is 4.96. The SMILES string of the molecule is C[C@@H]1CCCN1CCc1ccc(-c2ccc3c(c2)CCN(C(=O)CCCC(=O)O)C3)cc1. The summed E-state index contributed by atoms with van der Waals surface area (Å²) >= 11 is 0. The van der Waals surface area contributed by atoms with Gasteiger partial charge in [0.1, 0.15) is 0 Å². The van der Waals surface area contributed by atoms with Crippen LogP contribution in [-0.2, 0) is 29.0 Å². The van der Waals surface area contributed by atoms with Crippen LogP contribution in [0.15, 0.2) is 42.5 Å². The summed E-state index contributed by atoms with van der Waals surface area (Å²) in [6.45, 7) is 6.04. The number of aliphatic carboxylic acids is 1. The summed E-state index contributed by atoms with van der Waals surface area (Å²) in [5.41, 5.74) is 6.36. The van der Waals surface area contributed by atoms with Gasteiger partial charge in [0.05, 0.1) is 0 Å². The van der Waals surface area contributed by atoms with Gasteiger partial charge in [-0.1, -0.05) is 42.5 Å². The highest BCUT2D eigenvalue weighted by molar-refractivity contribution is 5.77. The molecule has 1 amide bonds. The third kappa shape index (κ3) is 5.57. The molecule has 2 aromatic carbocycles. The smallest absolute Gasteiger partial charge is 0.303 e. The largest absolute Gasteiger partial charge is 0.481 e. The molecule has 32 heavy (non-hydrogen) atoms. The first-order valence-corrected chi connectivity index (χ1v) is 11.9. The third-order valence-corrected chi connectivity index (χ3v) is 7.02. The number of hydrogen-bond donors (Lipinski definition) is 1. The predicted molar refractivity (Wildman–Crippen MR) is 126 cm³/mol. The van der Waals surface area contributed by atoms with E-state index in [0.29, 0.717) is 25.9 Å². The second-order valence-corrected chi connectivity index (χ2v) is 9.27. The lowest BCUT2D eigenvalue weighted by Gasteiger charge is -2.29. The van der Waals surface area contributed by atoms with E-state index in [-0.39, 0.29) is 12.3 Å². The molecule has 1 fully saturated rings. The molecule has 0 spiro atoms. The lowest BCUT2D eigenvalue weighted by Crippen LogP contribution is -2.35. The fraction of sp³-hybridized carbons (Fsp3) is 0.481. The number of rotatable bonds is 8. The van der Waals surface area contributed by atoms with Crippen molar-refractivity contribution in [3.05, 3.63) is 59.2 Å². The zero-order chi connectivity index (χ0) is 22.5. The van der Waals surface area contributed by atoms with Gasteiger partial charge in [-0.3, -0.25) is 9.59 Å².